The van der Waals surface area contributed by atoms with Crippen molar-refractivity contribution in [1.29, 1.82) is 0 Å². The SMILES string of the molecule is CC(=O)Nc1nnc(S(=O)(=O)N2CC(O)C2)s1. The lowest BCUT2D eigenvalue weighted by atomic mass is 10.2. The minimum atomic E-state index is -3.68. The summed E-state index contributed by atoms with van der Waals surface area (Å²) in [6.07, 6.45) is -0.618. The van der Waals surface area contributed by atoms with E-state index in [1.807, 2.05) is 0 Å². The molecule has 2 rings (SSSR count). The molecule has 0 aliphatic carbocycles. The molecule has 1 aliphatic rings. The highest BCUT2D eigenvalue weighted by molar-refractivity contribution is 7.91. The van der Waals surface area contributed by atoms with Crippen molar-refractivity contribution in [3.8, 4) is 0 Å². The number of sulfonamides is 1. The minimum Gasteiger partial charge on any atom is -0.390 e. The lowest BCUT2D eigenvalue weighted by molar-refractivity contribution is -0.114. The van der Waals surface area contributed by atoms with Gasteiger partial charge in [-0.3, -0.25) is 4.79 Å². The summed E-state index contributed by atoms with van der Waals surface area (Å²) in [4.78, 5) is 10.8. The molecule has 0 radical (unpaired) electrons. The Bertz CT molecular complexity index is 534. The molecular weight excluding hydrogens is 268 g/mol. The first-order chi connectivity index (χ1) is 7.89. The fraction of sp³-hybridized carbons (Fsp3) is 0.571. The standard InChI is InChI=1S/C7H10N4O4S2/c1-4(12)8-6-9-10-7(16-6)17(14,15)11-2-5(13)3-11/h5,13H,2-3H2,1H3,(H,8,9,12). The molecule has 0 saturated carbocycles. The Labute approximate surface area is 101 Å². The van der Waals surface area contributed by atoms with Crippen molar-refractivity contribution < 1.29 is 18.3 Å². The van der Waals surface area contributed by atoms with Crippen LogP contribution in [0.4, 0.5) is 5.13 Å². The number of aliphatic hydroxyl groups is 1. The number of aliphatic hydroxyl groups excluding tert-OH is 1. The molecule has 2 N–H and O–H groups in total. The highest BCUT2D eigenvalue weighted by atomic mass is 32.2. The van der Waals surface area contributed by atoms with E-state index in [0.29, 0.717) is 0 Å². The average molecular weight is 278 g/mol. The topological polar surface area (TPSA) is 112 Å². The smallest absolute Gasteiger partial charge is 0.272 e. The van der Waals surface area contributed by atoms with Gasteiger partial charge in [-0.05, 0) is 0 Å². The predicted molar refractivity (Wildman–Crippen MR) is 59.0 cm³/mol. The van der Waals surface area contributed by atoms with Crippen molar-refractivity contribution in [1.82, 2.24) is 14.5 Å². The van der Waals surface area contributed by atoms with Gasteiger partial charge in [0.2, 0.25) is 15.4 Å². The first-order valence-electron chi connectivity index (χ1n) is 4.69. The molecule has 10 heteroatoms. The van der Waals surface area contributed by atoms with Gasteiger partial charge < -0.3 is 10.4 Å². The van der Waals surface area contributed by atoms with Gasteiger partial charge in [-0.25, -0.2) is 8.42 Å². The third-order valence-corrected chi connectivity index (χ3v) is 5.09. The molecule has 0 aromatic carbocycles. The molecule has 1 fully saturated rings. The van der Waals surface area contributed by atoms with Gasteiger partial charge in [-0.1, -0.05) is 11.3 Å². The quantitative estimate of drug-likeness (QED) is 0.676. The largest absolute Gasteiger partial charge is 0.390 e. The van der Waals surface area contributed by atoms with Crippen LogP contribution in [0.3, 0.4) is 0 Å². The van der Waals surface area contributed by atoms with Crippen LogP contribution in [0.15, 0.2) is 4.34 Å². The zero-order valence-corrected chi connectivity index (χ0v) is 10.5. The van der Waals surface area contributed by atoms with Gasteiger partial charge >= 0.3 is 0 Å². The summed E-state index contributed by atoms with van der Waals surface area (Å²) < 4.78 is 24.7. The highest BCUT2D eigenvalue weighted by Crippen LogP contribution is 2.26. The van der Waals surface area contributed by atoms with E-state index in [4.69, 9.17) is 5.11 Å². The molecule has 0 unspecified atom stereocenters. The van der Waals surface area contributed by atoms with Gasteiger partial charge in [0.05, 0.1) is 6.10 Å². The van der Waals surface area contributed by atoms with Gasteiger partial charge in [0, 0.05) is 20.0 Å². The van der Waals surface area contributed by atoms with Crippen LogP contribution in [-0.4, -0.2) is 53.1 Å². The van der Waals surface area contributed by atoms with E-state index < -0.39 is 16.1 Å². The van der Waals surface area contributed by atoms with E-state index in [0.717, 1.165) is 15.6 Å². The Morgan fingerprint density at radius 1 is 1.53 bits per heavy atom. The number of hydrogen-bond acceptors (Lipinski definition) is 7. The van der Waals surface area contributed by atoms with E-state index in [2.05, 4.69) is 15.5 Å². The molecule has 1 aliphatic heterocycles. The summed E-state index contributed by atoms with van der Waals surface area (Å²) in [6.45, 7) is 1.43. The average Bonchev–Trinajstić information content (AvgIpc) is 2.60. The number of carbonyl (C=O) groups is 1. The number of carbonyl (C=O) groups excluding carboxylic acids is 1. The molecule has 0 atom stereocenters. The molecular formula is C7H10N4O4S2. The van der Waals surface area contributed by atoms with E-state index in [1.54, 1.807) is 0 Å². The molecule has 1 saturated heterocycles. The third kappa shape index (κ3) is 2.44. The summed E-state index contributed by atoms with van der Waals surface area (Å²) in [7, 11) is -3.68. The van der Waals surface area contributed by atoms with Gasteiger partial charge in [0.15, 0.2) is 0 Å². The molecule has 17 heavy (non-hydrogen) atoms. The van der Waals surface area contributed by atoms with E-state index in [1.165, 1.54) is 6.92 Å². The number of rotatable bonds is 3. The summed E-state index contributed by atoms with van der Waals surface area (Å²) in [5.74, 6) is -0.343. The minimum absolute atomic E-state index is 0.0668. The van der Waals surface area contributed by atoms with Crippen LogP contribution in [0.5, 0.6) is 0 Å². The molecule has 8 nitrogen and oxygen atoms in total. The molecule has 94 valence electrons. The van der Waals surface area contributed by atoms with Crippen LogP contribution in [0, 0.1) is 0 Å². The second-order valence-corrected chi connectivity index (χ2v) is 6.62. The maximum Gasteiger partial charge on any atom is 0.272 e. The van der Waals surface area contributed by atoms with E-state index in [-0.39, 0.29) is 28.5 Å². The number of nitrogens with zero attached hydrogens (tertiary/aromatic N) is 3. The Balaban J connectivity index is 2.17. The highest BCUT2D eigenvalue weighted by Gasteiger charge is 2.37. The molecule has 2 heterocycles. The summed E-state index contributed by atoms with van der Waals surface area (Å²) in [5, 5.41) is 18.6. The molecule has 0 spiro atoms. The number of aromatic nitrogens is 2. The third-order valence-electron chi connectivity index (χ3n) is 2.08. The lowest BCUT2D eigenvalue weighted by Gasteiger charge is -2.33. The van der Waals surface area contributed by atoms with Crippen LogP contribution >= 0.6 is 11.3 Å². The van der Waals surface area contributed by atoms with Gasteiger partial charge in [-0.15, -0.1) is 10.2 Å². The van der Waals surface area contributed by atoms with Crippen LogP contribution in [0.2, 0.25) is 0 Å². The van der Waals surface area contributed by atoms with Gasteiger partial charge in [0.25, 0.3) is 10.0 Å². The van der Waals surface area contributed by atoms with Gasteiger partial charge in [0.1, 0.15) is 0 Å². The maximum absolute atomic E-state index is 11.9. The lowest BCUT2D eigenvalue weighted by Crippen LogP contribution is -2.53. The zero-order chi connectivity index (χ0) is 12.6. The fourth-order valence-corrected chi connectivity index (χ4v) is 3.84. The summed E-state index contributed by atoms with van der Waals surface area (Å²) in [6, 6.07) is 0. The zero-order valence-electron chi connectivity index (χ0n) is 8.82. The number of hydrogen-bond donors (Lipinski definition) is 2. The Morgan fingerprint density at radius 2 is 2.18 bits per heavy atom. The predicted octanol–water partition coefficient (Wildman–Crippen LogP) is -1.14. The molecule has 1 aromatic rings. The van der Waals surface area contributed by atoms with E-state index >= 15 is 0 Å². The molecule has 1 aromatic heterocycles. The molecule has 0 bridgehead atoms. The fourth-order valence-electron chi connectivity index (χ4n) is 1.24. The summed E-state index contributed by atoms with van der Waals surface area (Å²) >= 11 is 0.782. The Hall–Kier alpha value is -1.10. The number of β-amino-alcohol motifs (C(OH)–C–C–N with tert-alkyl or cyclic N) is 1. The van der Waals surface area contributed by atoms with Crippen molar-refractivity contribution >= 4 is 32.4 Å². The summed E-state index contributed by atoms with van der Waals surface area (Å²) in [5.41, 5.74) is 0. The normalized spacial score (nSPS) is 17.8. The van der Waals surface area contributed by atoms with Crippen LogP contribution in [0.25, 0.3) is 0 Å². The second-order valence-electron chi connectivity index (χ2n) is 3.53. The van der Waals surface area contributed by atoms with E-state index in [9.17, 15) is 13.2 Å². The Kier molecular flexibility index (Phi) is 3.12. The molecule has 1 amide bonds. The maximum atomic E-state index is 11.9. The number of nitrogens with one attached hydrogen (secondary N) is 1. The number of amides is 1. The van der Waals surface area contributed by atoms with Crippen LogP contribution < -0.4 is 5.32 Å². The second kappa shape index (κ2) is 4.29. The van der Waals surface area contributed by atoms with Crippen LogP contribution in [0.1, 0.15) is 6.92 Å². The van der Waals surface area contributed by atoms with Crippen molar-refractivity contribution in [3.63, 3.8) is 0 Å². The van der Waals surface area contributed by atoms with Crippen molar-refractivity contribution in [2.45, 2.75) is 17.4 Å². The monoisotopic (exact) mass is 278 g/mol. The van der Waals surface area contributed by atoms with Gasteiger partial charge in [-0.2, -0.15) is 4.31 Å². The van der Waals surface area contributed by atoms with Crippen LogP contribution in [-0.2, 0) is 14.8 Å². The van der Waals surface area contributed by atoms with Crippen molar-refractivity contribution in [2.75, 3.05) is 18.4 Å². The van der Waals surface area contributed by atoms with Crippen molar-refractivity contribution in [3.05, 3.63) is 0 Å². The Morgan fingerprint density at radius 3 is 2.71 bits per heavy atom. The first-order valence-corrected chi connectivity index (χ1v) is 6.94. The number of anilines is 1. The first kappa shape index (κ1) is 12.4. The van der Waals surface area contributed by atoms with Crippen molar-refractivity contribution in [2.24, 2.45) is 0 Å².